The number of carbonyl (C=O) groups excluding carboxylic acids is 1. The monoisotopic (exact) mass is 278 g/mol. The molecule has 5 heteroatoms. The van der Waals surface area contributed by atoms with Crippen LogP contribution in [-0.4, -0.2) is 23.2 Å². The van der Waals surface area contributed by atoms with E-state index in [1.807, 2.05) is 39.0 Å². The highest BCUT2D eigenvalue weighted by molar-refractivity contribution is 7.80. The van der Waals surface area contributed by atoms with Gasteiger partial charge < -0.3 is 15.4 Å². The molecule has 1 aromatic rings. The summed E-state index contributed by atoms with van der Waals surface area (Å²) in [7, 11) is 0. The van der Waals surface area contributed by atoms with E-state index in [0.29, 0.717) is 11.5 Å². The molecule has 19 heavy (non-hydrogen) atoms. The van der Waals surface area contributed by atoms with Gasteiger partial charge in [-0.3, -0.25) is 0 Å². The van der Waals surface area contributed by atoms with Gasteiger partial charge in [-0.15, -0.1) is 0 Å². The van der Waals surface area contributed by atoms with E-state index in [9.17, 15) is 4.79 Å². The molecule has 0 radical (unpaired) electrons. The Labute approximate surface area is 118 Å². The molecular weight excluding hydrogens is 260 g/mol. The molecule has 1 fully saturated rings. The minimum absolute atomic E-state index is 0.0477. The zero-order chi connectivity index (χ0) is 14.0. The van der Waals surface area contributed by atoms with Crippen LogP contribution in [-0.2, 0) is 9.53 Å². The number of aryl methyl sites for hydroxylation is 2. The molecule has 1 aliphatic heterocycles. The van der Waals surface area contributed by atoms with Gasteiger partial charge in [-0.05, 0) is 50.2 Å². The highest BCUT2D eigenvalue weighted by atomic mass is 32.1. The number of carbonyl (C=O) groups is 1. The zero-order valence-electron chi connectivity index (χ0n) is 11.3. The molecule has 1 heterocycles. The van der Waals surface area contributed by atoms with Crippen LogP contribution >= 0.6 is 12.2 Å². The van der Waals surface area contributed by atoms with Crippen molar-refractivity contribution in [3.8, 4) is 0 Å². The third-order valence-corrected chi connectivity index (χ3v) is 3.34. The number of nitrogens with one attached hydrogen (secondary N) is 2. The first-order valence-corrected chi connectivity index (χ1v) is 6.72. The van der Waals surface area contributed by atoms with Crippen LogP contribution in [0.4, 0.5) is 5.69 Å². The second-order valence-corrected chi connectivity index (χ2v) is 5.36. The Morgan fingerprint density at radius 2 is 2.16 bits per heavy atom. The van der Waals surface area contributed by atoms with Crippen LogP contribution in [0.2, 0.25) is 0 Å². The lowest BCUT2D eigenvalue weighted by atomic mass is 10.1. The Bertz CT molecular complexity index is 516. The van der Waals surface area contributed by atoms with Gasteiger partial charge in [0.15, 0.2) is 5.11 Å². The van der Waals surface area contributed by atoms with Crippen LogP contribution in [0.15, 0.2) is 18.2 Å². The third kappa shape index (κ3) is 3.44. The largest absolute Gasteiger partial charge is 0.461 e. The normalized spacial score (nSPS) is 21.9. The zero-order valence-corrected chi connectivity index (χ0v) is 12.1. The summed E-state index contributed by atoms with van der Waals surface area (Å²) < 4.78 is 5.08. The molecule has 0 aliphatic carbocycles. The van der Waals surface area contributed by atoms with E-state index >= 15 is 0 Å². The Kier molecular flexibility index (Phi) is 4.04. The van der Waals surface area contributed by atoms with Crippen molar-refractivity contribution in [1.82, 2.24) is 5.32 Å². The molecule has 1 aliphatic rings. The average molecular weight is 278 g/mol. The summed E-state index contributed by atoms with van der Waals surface area (Å²) in [5.41, 5.74) is 3.22. The van der Waals surface area contributed by atoms with Crippen molar-refractivity contribution in [2.24, 2.45) is 0 Å². The Morgan fingerprint density at radius 1 is 1.42 bits per heavy atom. The number of thiocarbonyl (C=S) groups is 1. The molecule has 2 atom stereocenters. The molecule has 0 saturated carbocycles. The van der Waals surface area contributed by atoms with Gasteiger partial charge >= 0.3 is 5.97 Å². The van der Waals surface area contributed by atoms with Gasteiger partial charge in [0.25, 0.3) is 0 Å². The van der Waals surface area contributed by atoms with E-state index < -0.39 is 0 Å². The van der Waals surface area contributed by atoms with Crippen molar-refractivity contribution in [3.05, 3.63) is 29.3 Å². The summed E-state index contributed by atoms with van der Waals surface area (Å²) in [6, 6.07) is 5.76. The number of hydrogen-bond donors (Lipinski definition) is 2. The van der Waals surface area contributed by atoms with Crippen LogP contribution in [0.25, 0.3) is 0 Å². The molecule has 0 amide bonds. The molecule has 1 aromatic carbocycles. The molecule has 0 spiro atoms. The molecular formula is C14H18N2O2S. The maximum absolute atomic E-state index is 11.5. The summed E-state index contributed by atoms with van der Waals surface area (Å²) in [5.74, 6) is -0.238. The van der Waals surface area contributed by atoms with Crippen molar-refractivity contribution in [3.63, 3.8) is 0 Å². The van der Waals surface area contributed by atoms with E-state index in [-0.39, 0.29) is 18.1 Å². The van der Waals surface area contributed by atoms with Gasteiger partial charge in [0.2, 0.25) is 0 Å². The summed E-state index contributed by atoms with van der Waals surface area (Å²) in [5, 5.41) is 6.57. The van der Waals surface area contributed by atoms with Crippen molar-refractivity contribution in [1.29, 1.82) is 0 Å². The summed E-state index contributed by atoms with van der Waals surface area (Å²) >= 11 is 5.24. The predicted octanol–water partition coefficient (Wildman–Crippen LogP) is 2.29. The van der Waals surface area contributed by atoms with Crippen LogP contribution in [0.5, 0.6) is 0 Å². The summed E-state index contributed by atoms with van der Waals surface area (Å²) in [6.07, 6.45) is 0.599. The van der Waals surface area contributed by atoms with Crippen LogP contribution < -0.4 is 10.6 Å². The fourth-order valence-corrected chi connectivity index (χ4v) is 2.31. The molecule has 102 valence electrons. The van der Waals surface area contributed by atoms with Crippen LogP contribution in [0.3, 0.4) is 0 Å². The maximum Gasteiger partial charge on any atom is 0.329 e. The highest BCUT2D eigenvalue weighted by Crippen LogP contribution is 2.17. The summed E-state index contributed by atoms with van der Waals surface area (Å²) in [4.78, 5) is 11.5. The Morgan fingerprint density at radius 3 is 2.79 bits per heavy atom. The molecule has 4 nitrogen and oxygen atoms in total. The van der Waals surface area contributed by atoms with Crippen molar-refractivity contribution in [2.45, 2.75) is 39.3 Å². The van der Waals surface area contributed by atoms with E-state index in [1.165, 1.54) is 0 Å². The SMILES string of the molecule is Cc1ccc(C)c(NC(=S)N[C@H]2C[C@H](C)OC2=O)c1. The molecule has 0 bridgehead atoms. The number of rotatable bonds is 2. The van der Waals surface area contributed by atoms with Gasteiger partial charge in [-0.25, -0.2) is 4.79 Å². The first-order valence-electron chi connectivity index (χ1n) is 6.31. The Balaban J connectivity index is 1.98. The second-order valence-electron chi connectivity index (χ2n) is 4.95. The van der Waals surface area contributed by atoms with Gasteiger partial charge in [0.1, 0.15) is 12.1 Å². The Hall–Kier alpha value is -1.62. The smallest absolute Gasteiger partial charge is 0.329 e. The lowest BCUT2D eigenvalue weighted by Gasteiger charge is -2.15. The molecule has 0 unspecified atom stereocenters. The van der Waals surface area contributed by atoms with Crippen LogP contribution in [0.1, 0.15) is 24.5 Å². The molecule has 1 saturated heterocycles. The molecule has 0 aromatic heterocycles. The quantitative estimate of drug-likeness (QED) is 0.642. The predicted molar refractivity (Wildman–Crippen MR) is 79.2 cm³/mol. The van der Waals surface area contributed by atoms with E-state index in [2.05, 4.69) is 10.6 Å². The molecule has 2 N–H and O–H groups in total. The van der Waals surface area contributed by atoms with Gasteiger partial charge in [-0.2, -0.15) is 0 Å². The first-order chi connectivity index (χ1) is 8.95. The molecule has 2 rings (SSSR count). The van der Waals surface area contributed by atoms with Crippen LogP contribution in [0, 0.1) is 13.8 Å². The second kappa shape index (κ2) is 5.57. The highest BCUT2D eigenvalue weighted by Gasteiger charge is 2.32. The minimum atomic E-state index is -0.347. The van der Waals surface area contributed by atoms with Crippen molar-refractivity contribution in [2.75, 3.05) is 5.32 Å². The maximum atomic E-state index is 11.5. The lowest BCUT2D eigenvalue weighted by Crippen LogP contribution is -2.40. The first kappa shape index (κ1) is 13.8. The van der Waals surface area contributed by atoms with Crippen molar-refractivity contribution < 1.29 is 9.53 Å². The standard InChI is InChI=1S/C14H18N2O2S/c1-8-4-5-9(2)11(6-8)15-14(19)16-12-7-10(3)18-13(12)17/h4-6,10,12H,7H2,1-3H3,(H2,15,16,19)/t10-,12-/m0/s1. The van der Waals surface area contributed by atoms with E-state index in [4.69, 9.17) is 17.0 Å². The third-order valence-electron chi connectivity index (χ3n) is 3.12. The fraction of sp³-hybridized carbons (Fsp3) is 0.429. The minimum Gasteiger partial charge on any atom is -0.461 e. The average Bonchev–Trinajstić information content (AvgIpc) is 2.62. The lowest BCUT2D eigenvalue weighted by molar-refractivity contribution is -0.142. The number of esters is 1. The number of hydrogen-bond acceptors (Lipinski definition) is 3. The number of benzene rings is 1. The topological polar surface area (TPSA) is 50.4 Å². The summed E-state index contributed by atoms with van der Waals surface area (Å²) in [6.45, 7) is 5.91. The van der Waals surface area contributed by atoms with Gasteiger partial charge in [-0.1, -0.05) is 12.1 Å². The van der Waals surface area contributed by atoms with E-state index in [0.717, 1.165) is 16.8 Å². The number of ether oxygens (including phenoxy) is 1. The number of cyclic esters (lactones) is 1. The van der Waals surface area contributed by atoms with E-state index in [1.54, 1.807) is 0 Å². The van der Waals surface area contributed by atoms with Crippen molar-refractivity contribution >= 4 is 29.0 Å². The fourth-order valence-electron chi connectivity index (χ4n) is 2.06. The van der Waals surface area contributed by atoms with Gasteiger partial charge in [0.05, 0.1) is 0 Å². The van der Waals surface area contributed by atoms with Gasteiger partial charge in [0, 0.05) is 12.1 Å². The number of anilines is 1.